The lowest BCUT2D eigenvalue weighted by molar-refractivity contribution is -0.146. The van der Waals surface area contributed by atoms with Crippen LogP contribution in [0.15, 0.2) is 0 Å². The van der Waals surface area contributed by atoms with Gasteiger partial charge < -0.3 is 34.0 Å². The Bertz CT molecular complexity index is 1320. The van der Waals surface area contributed by atoms with Crippen LogP contribution in [0.25, 0.3) is 0 Å². The number of likely N-dealkylation sites (N-methyl/N-ethyl adjacent to an activating group) is 1. The van der Waals surface area contributed by atoms with E-state index in [1.54, 1.807) is 26.6 Å². The molecule has 0 aromatic heterocycles. The normalized spacial score (nSPS) is 28.4. The summed E-state index contributed by atoms with van der Waals surface area (Å²) in [6.07, 6.45) is 4.06. The number of likely N-dealkylation sites (tertiary alicyclic amines) is 2. The number of rotatable bonds is 6. The molecule has 6 heterocycles. The fraction of sp³-hybridized carbons (Fsp3) is 0.829. The van der Waals surface area contributed by atoms with Crippen molar-refractivity contribution >= 4 is 36.1 Å². The van der Waals surface area contributed by atoms with E-state index in [9.17, 15) is 34.0 Å². The van der Waals surface area contributed by atoms with Gasteiger partial charge in [-0.05, 0) is 92.9 Å². The summed E-state index contributed by atoms with van der Waals surface area (Å²) in [5.41, 5.74) is 3.84. The van der Waals surface area contributed by atoms with E-state index in [1.165, 1.54) is 4.90 Å². The van der Waals surface area contributed by atoms with Gasteiger partial charge in [-0.25, -0.2) is 35.2 Å². The second kappa shape index (κ2) is 16.7. The highest BCUT2D eigenvalue weighted by molar-refractivity contribution is 5.89. The van der Waals surface area contributed by atoms with E-state index in [0.717, 1.165) is 25.7 Å². The third-order valence-electron chi connectivity index (χ3n) is 10.3. The number of carbonyl (C=O) groups is 6. The number of nitrogens with one attached hydrogen (secondary N) is 2. The Morgan fingerprint density at radius 1 is 0.630 bits per heavy atom. The number of fused-ring (bicyclic) bond motifs is 4. The summed E-state index contributed by atoms with van der Waals surface area (Å²) in [5.74, 6) is -0.710. The molecule has 6 aliphatic heterocycles. The Kier molecular flexibility index (Phi) is 12.7. The Balaban J connectivity index is 0.000000208. The molecule has 0 spiro atoms. The molecule has 6 saturated heterocycles. The third kappa shape index (κ3) is 10.1. The van der Waals surface area contributed by atoms with Gasteiger partial charge in [-0.3, -0.25) is 24.5 Å². The van der Waals surface area contributed by atoms with Gasteiger partial charge in [0.15, 0.2) is 0 Å². The van der Waals surface area contributed by atoms with E-state index in [1.807, 2.05) is 41.5 Å². The quantitative estimate of drug-likeness (QED) is 0.265. The number of ether oxygens (including phenoxy) is 2. The number of piperidine rings is 4. The summed E-state index contributed by atoms with van der Waals surface area (Å²) in [4.78, 5) is 92.5. The zero-order valence-corrected chi connectivity index (χ0v) is 32.6. The molecule has 6 fully saturated rings. The van der Waals surface area contributed by atoms with E-state index in [0.29, 0.717) is 70.0 Å². The van der Waals surface area contributed by atoms with Crippen molar-refractivity contribution in [3.8, 4) is 0 Å². The van der Waals surface area contributed by atoms with Crippen LogP contribution < -0.4 is 11.0 Å². The molecule has 0 saturated carbocycles. The van der Waals surface area contributed by atoms with Crippen molar-refractivity contribution in [3.63, 3.8) is 0 Å². The topological polar surface area (TPSA) is 203 Å². The van der Waals surface area contributed by atoms with Crippen LogP contribution in [-0.4, -0.2) is 165 Å². The van der Waals surface area contributed by atoms with Gasteiger partial charge in [0.05, 0.1) is 25.2 Å². The van der Waals surface area contributed by atoms with Crippen LogP contribution >= 0.6 is 0 Å². The standard InChI is InChI=1S/C18H30N4O5.C17H28N4O6/c1-18(2,3)26-17(25)21-9-5-6-13(11-21)27-19-15(23)14-8-7-12-10-22(14)16(24)20(12)4;1-17(2,3)26-16(24)19-8-4-5-12(10-19)27-18-14(22)13-7-6-11-9-20(13)15(23)21(11)25/h12-14H,5-11H2,1-4H3,(H,19,23);11-13,25H,4-10H2,1-3H3,(H,18,22)/t12-,13-,14+;11-,12-,13+/m11/s1. The van der Waals surface area contributed by atoms with E-state index in [4.69, 9.17) is 19.1 Å². The van der Waals surface area contributed by atoms with Crippen LogP contribution in [0, 0.1) is 0 Å². The molecule has 6 rings (SSSR count). The summed E-state index contributed by atoms with van der Waals surface area (Å²) < 4.78 is 10.8. The highest BCUT2D eigenvalue weighted by atomic mass is 16.7. The molecule has 0 radical (unpaired) electrons. The summed E-state index contributed by atoms with van der Waals surface area (Å²) in [7, 11) is 1.77. The SMILES string of the molecule is CC(C)(C)OC(=O)N1CCC[C@@H](ONC(=O)[C@@H]2CC[C@@H]3CN2C(=O)N3O)C1.CN1C(=O)N2C[C@H]1CC[C@H]2C(=O)NO[C@@H]1CCCN(C(=O)OC(C)(C)C)C1. The lowest BCUT2D eigenvalue weighted by Crippen LogP contribution is -2.52. The summed E-state index contributed by atoms with van der Waals surface area (Å²) in [6, 6.07) is -1.86. The number of hydrogen-bond acceptors (Lipinski definition) is 11. The van der Waals surface area contributed by atoms with Crippen LogP contribution in [0.5, 0.6) is 0 Å². The van der Waals surface area contributed by atoms with Gasteiger partial charge in [-0.2, -0.15) is 0 Å². The van der Waals surface area contributed by atoms with Crippen molar-refractivity contribution in [2.75, 3.05) is 46.3 Å². The zero-order valence-electron chi connectivity index (χ0n) is 32.6. The zero-order chi connectivity index (χ0) is 39.5. The second-order valence-corrected chi connectivity index (χ2v) is 16.9. The fourth-order valence-electron chi connectivity index (χ4n) is 7.51. The van der Waals surface area contributed by atoms with E-state index in [-0.39, 0.29) is 42.3 Å². The summed E-state index contributed by atoms with van der Waals surface area (Å²) >= 11 is 0. The molecular weight excluding hydrogens is 708 g/mol. The molecular formula is C35H58N8O11. The highest BCUT2D eigenvalue weighted by Gasteiger charge is 2.47. The fourth-order valence-corrected chi connectivity index (χ4v) is 7.51. The van der Waals surface area contributed by atoms with Crippen LogP contribution in [0.1, 0.15) is 92.9 Å². The van der Waals surface area contributed by atoms with E-state index < -0.39 is 41.3 Å². The molecule has 19 nitrogen and oxygen atoms in total. The summed E-state index contributed by atoms with van der Waals surface area (Å²) in [5, 5.41) is 10.4. The molecule has 0 aliphatic carbocycles. The van der Waals surface area contributed by atoms with Gasteiger partial charge in [0.1, 0.15) is 35.5 Å². The molecule has 54 heavy (non-hydrogen) atoms. The van der Waals surface area contributed by atoms with Crippen molar-refractivity contribution in [1.29, 1.82) is 0 Å². The first-order valence-corrected chi connectivity index (χ1v) is 19.0. The smallest absolute Gasteiger partial charge is 0.410 e. The van der Waals surface area contributed by atoms with Crippen molar-refractivity contribution < 1.29 is 53.1 Å². The van der Waals surface area contributed by atoms with Crippen LogP contribution in [-0.2, 0) is 28.7 Å². The Morgan fingerprint density at radius 3 is 1.52 bits per heavy atom. The average molecular weight is 767 g/mol. The lowest BCUT2D eigenvalue weighted by atomic mass is 10.0. The number of nitrogens with zero attached hydrogens (tertiary/aromatic N) is 6. The largest absolute Gasteiger partial charge is 0.444 e. The van der Waals surface area contributed by atoms with Crippen LogP contribution in [0.2, 0.25) is 0 Å². The number of hydrogen-bond donors (Lipinski definition) is 3. The molecule has 304 valence electrons. The monoisotopic (exact) mass is 766 g/mol. The minimum Gasteiger partial charge on any atom is -0.444 e. The molecule has 8 amide bonds. The molecule has 6 atom stereocenters. The number of hydroxylamine groups is 4. The minimum absolute atomic E-state index is 0.105. The lowest BCUT2D eigenvalue weighted by Gasteiger charge is -2.34. The van der Waals surface area contributed by atoms with Gasteiger partial charge in [-0.1, -0.05) is 0 Å². The first kappa shape index (κ1) is 41.1. The number of urea groups is 2. The minimum atomic E-state index is -0.656. The van der Waals surface area contributed by atoms with Crippen molar-refractivity contribution in [3.05, 3.63) is 0 Å². The van der Waals surface area contributed by atoms with Gasteiger partial charge >= 0.3 is 24.2 Å². The van der Waals surface area contributed by atoms with Gasteiger partial charge in [0.25, 0.3) is 11.8 Å². The van der Waals surface area contributed by atoms with Gasteiger partial charge in [-0.15, -0.1) is 0 Å². The predicted octanol–water partition coefficient (Wildman–Crippen LogP) is 2.42. The van der Waals surface area contributed by atoms with Gasteiger partial charge in [0, 0.05) is 33.2 Å². The Labute approximate surface area is 316 Å². The average Bonchev–Trinajstić information content (AvgIpc) is 3.47. The van der Waals surface area contributed by atoms with Gasteiger partial charge in [0.2, 0.25) is 0 Å². The molecule has 19 heteroatoms. The molecule has 0 unspecified atom stereocenters. The first-order valence-electron chi connectivity index (χ1n) is 19.0. The maximum Gasteiger partial charge on any atom is 0.410 e. The van der Waals surface area contributed by atoms with Crippen molar-refractivity contribution in [2.45, 2.75) is 140 Å². The number of carbonyl (C=O) groups excluding carboxylic acids is 6. The maximum atomic E-state index is 12.5. The highest BCUT2D eigenvalue weighted by Crippen LogP contribution is 2.30. The summed E-state index contributed by atoms with van der Waals surface area (Å²) in [6.45, 7) is 13.7. The van der Waals surface area contributed by atoms with Crippen LogP contribution in [0.4, 0.5) is 19.2 Å². The van der Waals surface area contributed by atoms with Crippen LogP contribution in [0.3, 0.4) is 0 Å². The molecule has 6 aliphatic rings. The predicted molar refractivity (Wildman–Crippen MR) is 189 cm³/mol. The first-order chi connectivity index (χ1) is 25.3. The number of amides is 8. The Hall–Kier alpha value is -4.10. The molecule has 0 aromatic rings. The van der Waals surface area contributed by atoms with Crippen molar-refractivity contribution in [1.82, 2.24) is 40.5 Å². The molecule has 3 N–H and O–H groups in total. The molecule has 4 bridgehead atoms. The Morgan fingerprint density at radius 2 is 1.06 bits per heavy atom. The second-order valence-electron chi connectivity index (χ2n) is 16.9. The van der Waals surface area contributed by atoms with Crippen molar-refractivity contribution in [2.24, 2.45) is 0 Å². The third-order valence-corrected chi connectivity index (χ3v) is 10.3. The molecule has 0 aromatic carbocycles. The van der Waals surface area contributed by atoms with E-state index in [2.05, 4.69) is 11.0 Å². The maximum absolute atomic E-state index is 12.5. The van der Waals surface area contributed by atoms with E-state index >= 15 is 0 Å².